The van der Waals surface area contributed by atoms with Crippen molar-refractivity contribution in [3.8, 4) is 0 Å². The first kappa shape index (κ1) is 17.8. The first-order chi connectivity index (χ1) is 4.41. The quantitative estimate of drug-likeness (QED) is 0.328. The third-order valence-corrected chi connectivity index (χ3v) is 0.512. The van der Waals surface area contributed by atoms with Gasteiger partial charge in [-0.2, -0.15) is 8.42 Å². The minimum atomic E-state index is -4.67. The minimum absolute atomic E-state index is 0. The van der Waals surface area contributed by atoms with Crippen molar-refractivity contribution in [3.63, 3.8) is 0 Å². The normalized spacial score (nSPS) is 9.09. The van der Waals surface area contributed by atoms with Gasteiger partial charge in [-0.3, -0.25) is 9.11 Å². The van der Waals surface area contributed by atoms with E-state index in [0.717, 1.165) is 12.8 Å². The Hall–Kier alpha value is 0.830. The van der Waals surface area contributed by atoms with E-state index in [0.29, 0.717) is 6.61 Å². The van der Waals surface area contributed by atoms with Crippen molar-refractivity contribution in [1.29, 1.82) is 0 Å². The summed E-state index contributed by atoms with van der Waals surface area (Å²) in [5, 5.41) is 8.07. The largest absolute Gasteiger partial charge is 1.00 e. The van der Waals surface area contributed by atoms with Crippen LogP contribution < -0.4 is 29.6 Å². The van der Waals surface area contributed by atoms with Crippen molar-refractivity contribution in [2.45, 2.75) is 19.8 Å². The van der Waals surface area contributed by atoms with Crippen LogP contribution in [0.15, 0.2) is 0 Å². The predicted molar refractivity (Wildman–Crippen MR) is 37.3 cm³/mol. The number of hydrogen-bond donors (Lipinski definition) is 3. The van der Waals surface area contributed by atoms with Crippen molar-refractivity contribution in [2.24, 2.45) is 0 Å². The second kappa shape index (κ2) is 10.8. The zero-order valence-corrected chi connectivity index (χ0v) is 9.50. The summed E-state index contributed by atoms with van der Waals surface area (Å²) in [7, 11) is -4.67. The van der Waals surface area contributed by atoms with Gasteiger partial charge in [0.1, 0.15) is 0 Å². The third kappa shape index (κ3) is 105. The van der Waals surface area contributed by atoms with Crippen LogP contribution in [0.4, 0.5) is 0 Å². The summed E-state index contributed by atoms with van der Waals surface area (Å²) in [6.45, 7) is 2.40. The maximum Gasteiger partial charge on any atom is 1.00 e. The van der Waals surface area contributed by atoms with Crippen LogP contribution in [0.2, 0.25) is 0 Å². The molecule has 3 N–H and O–H groups in total. The van der Waals surface area contributed by atoms with Crippen molar-refractivity contribution in [3.05, 3.63) is 0 Å². The average molecular weight is 196 g/mol. The molecular weight excluding hydrogens is 183 g/mol. The Kier molecular flexibility index (Phi) is 17.5. The van der Waals surface area contributed by atoms with E-state index in [9.17, 15) is 0 Å². The fourth-order valence-electron chi connectivity index (χ4n) is 0.158. The Morgan fingerprint density at radius 1 is 1.36 bits per heavy atom. The van der Waals surface area contributed by atoms with Gasteiger partial charge >= 0.3 is 40.0 Å². The van der Waals surface area contributed by atoms with E-state index < -0.39 is 10.4 Å². The first-order valence-corrected chi connectivity index (χ1v) is 4.12. The van der Waals surface area contributed by atoms with Crippen molar-refractivity contribution in [1.82, 2.24) is 0 Å². The maximum atomic E-state index is 8.74. The van der Waals surface area contributed by atoms with Crippen LogP contribution in [-0.2, 0) is 10.4 Å². The zero-order chi connectivity index (χ0) is 8.62. The fourth-order valence-corrected chi connectivity index (χ4v) is 0.158. The van der Waals surface area contributed by atoms with E-state index in [2.05, 4.69) is 6.92 Å². The fraction of sp³-hybridized carbons (Fsp3) is 1.00. The Morgan fingerprint density at radius 3 is 1.64 bits per heavy atom. The molecule has 0 aliphatic heterocycles. The number of rotatable bonds is 2. The molecule has 0 saturated heterocycles. The van der Waals surface area contributed by atoms with E-state index in [1.165, 1.54) is 0 Å². The number of aliphatic hydroxyl groups excluding tert-OH is 1. The van der Waals surface area contributed by atoms with Gasteiger partial charge in [0.25, 0.3) is 0 Å². The molecule has 0 heterocycles. The second-order valence-corrected chi connectivity index (χ2v) is 2.42. The molecular formula is C4H13NaO5S. The molecule has 0 saturated carbocycles. The molecule has 11 heavy (non-hydrogen) atoms. The molecule has 0 atom stereocenters. The zero-order valence-electron chi connectivity index (χ0n) is 7.69. The Morgan fingerprint density at radius 2 is 1.64 bits per heavy atom. The van der Waals surface area contributed by atoms with Gasteiger partial charge in [0, 0.05) is 6.61 Å². The molecule has 0 amide bonds. The standard InChI is InChI=1S/C4H10O.Na.H2O4S.H/c1-2-3-4-5;;1-5(2,3)4;/h5H,2-4H2,1H3;;(H2,1,2,3,4);/q;+1;;-1. The van der Waals surface area contributed by atoms with E-state index in [1.54, 1.807) is 0 Å². The molecule has 5 nitrogen and oxygen atoms in total. The molecule has 7 heteroatoms. The van der Waals surface area contributed by atoms with Crippen LogP contribution in [0.5, 0.6) is 0 Å². The van der Waals surface area contributed by atoms with Crippen molar-refractivity contribution >= 4 is 10.4 Å². The molecule has 0 radical (unpaired) electrons. The Bertz CT molecular complexity index is 138. The molecule has 0 spiro atoms. The van der Waals surface area contributed by atoms with Crippen LogP contribution in [0.25, 0.3) is 0 Å². The molecule has 0 aromatic carbocycles. The molecule has 0 aliphatic carbocycles. The first-order valence-electron chi connectivity index (χ1n) is 2.72. The summed E-state index contributed by atoms with van der Waals surface area (Å²) in [5.41, 5.74) is 0. The molecule has 0 unspecified atom stereocenters. The van der Waals surface area contributed by atoms with Gasteiger partial charge in [0.15, 0.2) is 0 Å². The van der Waals surface area contributed by atoms with Gasteiger partial charge in [-0.25, -0.2) is 0 Å². The van der Waals surface area contributed by atoms with Crippen LogP contribution in [0.1, 0.15) is 21.2 Å². The van der Waals surface area contributed by atoms with Gasteiger partial charge in [-0.05, 0) is 6.42 Å². The van der Waals surface area contributed by atoms with Gasteiger partial charge in [-0.1, -0.05) is 13.3 Å². The maximum absolute atomic E-state index is 8.74. The van der Waals surface area contributed by atoms with Crippen molar-refractivity contribution in [2.75, 3.05) is 6.61 Å². The summed E-state index contributed by atoms with van der Waals surface area (Å²) >= 11 is 0. The number of aliphatic hydroxyl groups is 1. The summed E-state index contributed by atoms with van der Waals surface area (Å²) < 4.78 is 31.6. The van der Waals surface area contributed by atoms with E-state index >= 15 is 0 Å². The Labute approximate surface area is 90.2 Å². The van der Waals surface area contributed by atoms with Crippen LogP contribution in [0, 0.1) is 0 Å². The number of unbranched alkanes of at least 4 members (excludes halogenated alkanes) is 1. The van der Waals surface area contributed by atoms with E-state index in [1.807, 2.05) is 0 Å². The van der Waals surface area contributed by atoms with E-state index in [4.69, 9.17) is 22.6 Å². The summed E-state index contributed by atoms with van der Waals surface area (Å²) in [5.74, 6) is 0. The predicted octanol–water partition coefficient (Wildman–Crippen LogP) is -2.76. The van der Waals surface area contributed by atoms with Crippen LogP contribution in [-0.4, -0.2) is 29.2 Å². The molecule has 0 aliphatic rings. The van der Waals surface area contributed by atoms with Crippen LogP contribution >= 0.6 is 0 Å². The molecule has 0 rings (SSSR count). The van der Waals surface area contributed by atoms with Gasteiger partial charge in [-0.15, -0.1) is 0 Å². The van der Waals surface area contributed by atoms with Crippen LogP contribution in [0.3, 0.4) is 0 Å². The second-order valence-electron chi connectivity index (χ2n) is 1.52. The molecule has 0 aromatic heterocycles. The topological polar surface area (TPSA) is 94.8 Å². The van der Waals surface area contributed by atoms with Gasteiger partial charge in [0.2, 0.25) is 0 Å². The average Bonchev–Trinajstić information content (AvgIpc) is 1.63. The molecule has 0 fully saturated rings. The van der Waals surface area contributed by atoms with Crippen molar-refractivity contribution < 1.29 is 53.6 Å². The molecule has 66 valence electrons. The SMILES string of the molecule is CCCCO.O=S(=O)(O)O.[H-].[Na+]. The van der Waals surface area contributed by atoms with Gasteiger partial charge in [0.05, 0.1) is 0 Å². The monoisotopic (exact) mass is 196 g/mol. The minimum Gasteiger partial charge on any atom is -1.00 e. The smallest absolute Gasteiger partial charge is 1.00 e. The third-order valence-electron chi connectivity index (χ3n) is 0.512. The Balaban J connectivity index is -0.0000000457. The summed E-state index contributed by atoms with van der Waals surface area (Å²) in [6.07, 6.45) is 2.04. The van der Waals surface area contributed by atoms with E-state index in [-0.39, 0.29) is 31.0 Å². The summed E-state index contributed by atoms with van der Waals surface area (Å²) in [4.78, 5) is 0. The molecule has 0 aromatic rings. The number of hydrogen-bond acceptors (Lipinski definition) is 3. The summed E-state index contributed by atoms with van der Waals surface area (Å²) in [6, 6.07) is 0. The molecule has 0 bridgehead atoms. The van der Waals surface area contributed by atoms with Gasteiger partial charge < -0.3 is 6.53 Å².